The first-order chi connectivity index (χ1) is 7.15. The van der Waals surface area contributed by atoms with E-state index in [1.165, 1.54) is 0 Å². The molecule has 84 valence electrons. The number of nitrogens with zero attached hydrogens (tertiary/aromatic N) is 1. The van der Waals surface area contributed by atoms with E-state index >= 15 is 0 Å². The average molecular weight is 209 g/mol. The first-order valence-electron chi connectivity index (χ1n) is 5.41. The molecule has 0 aliphatic heterocycles. The SMILES string of the molecule is CCC(CC(O)C(C)O)c1cccnc1. The first kappa shape index (κ1) is 12.1. The van der Waals surface area contributed by atoms with E-state index in [0.717, 1.165) is 12.0 Å². The largest absolute Gasteiger partial charge is 0.391 e. The van der Waals surface area contributed by atoms with Crippen LogP contribution in [0.2, 0.25) is 0 Å². The van der Waals surface area contributed by atoms with Gasteiger partial charge in [-0.2, -0.15) is 0 Å². The Balaban J connectivity index is 2.65. The van der Waals surface area contributed by atoms with Gasteiger partial charge in [-0.3, -0.25) is 4.98 Å². The predicted octanol–water partition coefficient (Wildman–Crippen LogP) is 1.71. The maximum atomic E-state index is 9.62. The zero-order valence-electron chi connectivity index (χ0n) is 9.30. The second-order valence-corrected chi connectivity index (χ2v) is 3.94. The van der Waals surface area contributed by atoms with Crippen LogP contribution < -0.4 is 0 Å². The highest BCUT2D eigenvalue weighted by Crippen LogP contribution is 2.24. The van der Waals surface area contributed by atoms with Crippen LogP contribution in [-0.2, 0) is 0 Å². The Labute approximate surface area is 90.8 Å². The van der Waals surface area contributed by atoms with Crippen molar-refractivity contribution in [1.29, 1.82) is 0 Å². The molecule has 0 saturated heterocycles. The van der Waals surface area contributed by atoms with Crippen LogP contribution >= 0.6 is 0 Å². The fraction of sp³-hybridized carbons (Fsp3) is 0.583. The Morgan fingerprint density at radius 2 is 2.13 bits per heavy atom. The van der Waals surface area contributed by atoms with Crippen LogP contribution in [0.1, 0.15) is 38.2 Å². The molecule has 1 heterocycles. The van der Waals surface area contributed by atoms with Crippen molar-refractivity contribution in [3.05, 3.63) is 30.1 Å². The molecule has 0 spiro atoms. The molecule has 0 amide bonds. The average Bonchev–Trinajstić information content (AvgIpc) is 2.26. The number of aromatic nitrogens is 1. The van der Waals surface area contributed by atoms with Gasteiger partial charge < -0.3 is 10.2 Å². The highest BCUT2D eigenvalue weighted by atomic mass is 16.3. The maximum Gasteiger partial charge on any atom is 0.0802 e. The van der Waals surface area contributed by atoms with Crippen LogP contribution in [0.5, 0.6) is 0 Å². The van der Waals surface area contributed by atoms with Gasteiger partial charge in [0.2, 0.25) is 0 Å². The smallest absolute Gasteiger partial charge is 0.0802 e. The number of hydrogen-bond acceptors (Lipinski definition) is 3. The third kappa shape index (κ3) is 3.61. The lowest BCUT2D eigenvalue weighted by molar-refractivity contribution is 0.0215. The summed E-state index contributed by atoms with van der Waals surface area (Å²) in [6, 6.07) is 3.91. The Bertz CT molecular complexity index is 274. The zero-order valence-corrected chi connectivity index (χ0v) is 9.30. The monoisotopic (exact) mass is 209 g/mol. The lowest BCUT2D eigenvalue weighted by Gasteiger charge is -2.20. The summed E-state index contributed by atoms with van der Waals surface area (Å²) in [6.07, 6.45) is 3.76. The van der Waals surface area contributed by atoms with Gasteiger partial charge >= 0.3 is 0 Å². The minimum Gasteiger partial charge on any atom is -0.391 e. The highest BCUT2D eigenvalue weighted by Gasteiger charge is 2.18. The van der Waals surface area contributed by atoms with Crippen LogP contribution in [0.25, 0.3) is 0 Å². The van der Waals surface area contributed by atoms with E-state index in [4.69, 9.17) is 0 Å². The van der Waals surface area contributed by atoms with Gasteiger partial charge in [-0.25, -0.2) is 0 Å². The van der Waals surface area contributed by atoms with Gasteiger partial charge in [0.25, 0.3) is 0 Å². The second kappa shape index (κ2) is 5.83. The van der Waals surface area contributed by atoms with E-state index in [2.05, 4.69) is 11.9 Å². The lowest BCUT2D eigenvalue weighted by Crippen LogP contribution is -2.24. The van der Waals surface area contributed by atoms with E-state index in [1.54, 1.807) is 13.1 Å². The lowest BCUT2D eigenvalue weighted by atomic mass is 9.91. The third-order valence-corrected chi connectivity index (χ3v) is 2.73. The molecule has 0 aliphatic rings. The second-order valence-electron chi connectivity index (χ2n) is 3.94. The molecule has 2 N–H and O–H groups in total. The topological polar surface area (TPSA) is 53.4 Å². The Hall–Kier alpha value is -0.930. The molecule has 0 bridgehead atoms. The van der Waals surface area contributed by atoms with Gasteiger partial charge in [0.05, 0.1) is 12.2 Å². The van der Waals surface area contributed by atoms with E-state index in [0.29, 0.717) is 6.42 Å². The molecule has 1 rings (SSSR count). The summed E-state index contributed by atoms with van der Waals surface area (Å²) in [7, 11) is 0. The molecule has 1 aromatic rings. The van der Waals surface area contributed by atoms with Crippen LogP contribution in [0.15, 0.2) is 24.5 Å². The molecule has 3 atom stereocenters. The number of rotatable bonds is 5. The summed E-state index contributed by atoms with van der Waals surface area (Å²) in [5, 5.41) is 18.9. The van der Waals surface area contributed by atoms with Crippen molar-refractivity contribution in [2.75, 3.05) is 0 Å². The van der Waals surface area contributed by atoms with E-state index < -0.39 is 12.2 Å². The Kier molecular flexibility index (Phi) is 4.72. The number of aliphatic hydroxyl groups excluding tert-OH is 2. The van der Waals surface area contributed by atoms with Crippen molar-refractivity contribution in [3.63, 3.8) is 0 Å². The van der Waals surface area contributed by atoms with Crippen molar-refractivity contribution in [2.24, 2.45) is 0 Å². The molecule has 0 fully saturated rings. The van der Waals surface area contributed by atoms with Gasteiger partial charge in [0.15, 0.2) is 0 Å². The fourth-order valence-electron chi connectivity index (χ4n) is 1.64. The molecular formula is C12H19NO2. The van der Waals surface area contributed by atoms with E-state index in [9.17, 15) is 10.2 Å². The summed E-state index contributed by atoms with van der Waals surface area (Å²) >= 11 is 0. The normalized spacial score (nSPS) is 17.1. The van der Waals surface area contributed by atoms with E-state index in [1.807, 2.05) is 18.3 Å². The number of hydrogen-bond donors (Lipinski definition) is 2. The molecule has 3 unspecified atom stereocenters. The first-order valence-corrected chi connectivity index (χ1v) is 5.41. The standard InChI is InChI=1S/C12H19NO2/c1-3-10(7-12(15)9(2)14)11-5-4-6-13-8-11/h4-6,8-10,12,14-15H,3,7H2,1-2H3. The molecule has 1 aromatic heterocycles. The summed E-state index contributed by atoms with van der Waals surface area (Å²) < 4.78 is 0. The van der Waals surface area contributed by atoms with Crippen molar-refractivity contribution >= 4 is 0 Å². The van der Waals surface area contributed by atoms with Crippen molar-refractivity contribution in [2.45, 2.75) is 44.8 Å². The van der Waals surface area contributed by atoms with Crippen molar-refractivity contribution in [3.8, 4) is 0 Å². The van der Waals surface area contributed by atoms with Crippen LogP contribution in [0.4, 0.5) is 0 Å². The third-order valence-electron chi connectivity index (χ3n) is 2.73. The molecular weight excluding hydrogens is 190 g/mol. The summed E-state index contributed by atoms with van der Waals surface area (Å²) in [6.45, 7) is 3.69. The van der Waals surface area contributed by atoms with Crippen LogP contribution in [-0.4, -0.2) is 27.4 Å². The van der Waals surface area contributed by atoms with Crippen molar-refractivity contribution < 1.29 is 10.2 Å². The van der Waals surface area contributed by atoms with Gasteiger partial charge in [-0.15, -0.1) is 0 Å². The maximum absolute atomic E-state index is 9.62. The zero-order chi connectivity index (χ0) is 11.3. The summed E-state index contributed by atoms with van der Waals surface area (Å²) in [5.74, 6) is 0.267. The van der Waals surface area contributed by atoms with Gasteiger partial charge in [0, 0.05) is 12.4 Å². The van der Waals surface area contributed by atoms with Crippen molar-refractivity contribution in [1.82, 2.24) is 4.98 Å². The molecule has 0 saturated carbocycles. The predicted molar refractivity (Wildman–Crippen MR) is 59.6 cm³/mol. The molecule has 15 heavy (non-hydrogen) atoms. The van der Waals surface area contributed by atoms with Gasteiger partial charge in [-0.05, 0) is 37.3 Å². The quantitative estimate of drug-likeness (QED) is 0.776. The minimum absolute atomic E-state index is 0.267. The molecule has 3 nitrogen and oxygen atoms in total. The number of pyridine rings is 1. The molecule has 0 aliphatic carbocycles. The van der Waals surface area contributed by atoms with E-state index in [-0.39, 0.29) is 5.92 Å². The summed E-state index contributed by atoms with van der Waals surface area (Å²) in [5.41, 5.74) is 1.12. The fourth-order valence-corrected chi connectivity index (χ4v) is 1.64. The Morgan fingerprint density at radius 3 is 2.60 bits per heavy atom. The van der Waals surface area contributed by atoms with Crippen LogP contribution in [0.3, 0.4) is 0 Å². The molecule has 3 heteroatoms. The minimum atomic E-state index is -0.671. The number of aliphatic hydroxyl groups is 2. The summed E-state index contributed by atoms with van der Waals surface area (Å²) in [4.78, 5) is 4.06. The molecule has 0 aromatic carbocycles. The van der Waals surface area contributed by atoms with Gasteiger partial charge in [-0.1, -0.05) is 13.0 Å². The molecule has 0 radical (unpaired) electrons. The Morgan fingerprint density at radius 1 is 1.40 bits per heavy atom. The highest BCUT2D eigenvalue weighted by molar-refractivity contribution is 5.14. The van der Waals surface area contributed by atoms with Gasteiger partial charge in [0.1, 0.15) is 0 Å². The van der Waals surface area contributed by atoms with Crippen LogP contribution in [0, 0.1) is 0 Å².